The number of nitrogens with one attached hydrogen (secondary N) is 2. The number of ether oxygens (including phenoxy) is 2. The Balaban J connectivity index is 1.36. The average molecular weight is 540 g/mol. The number of β-amino-alcohol motifs (C(OH)–C–C–N with tert-alkyl or cyclic N) is 1. The maximum atomic E-state index is 14.1. The van der Waals surface area contributed by atoms with Gasteiger partial charge in [-0.25, -0.2) is 19.2 Å². The van der Waals surface area contributed by atoms with E-state index in [-0.39, 0.29) is 6.54 Å². The molecule has 11 heteroatoms. The fraction of sp³-hybridized carbons (Fsp3) is 0.500. The second-order valence-electron chi connectivity index (χ2n) is 11.3. The summed E-state index contributed by atoms with van der Waals surface area (Å²) in [7, 11) is 0. The Morgan fingerprint density at radius 3 is 2.69 bits per heavy atom. The molecule has 3 heterocycles. The van der Waals surface area contributed by atoms with Gasteiger partial charge in [0.2, 0.25) is 0 Å². The zero-order valence-corrected chi connectivity index (χ0v) is 22.6. The van der Waals surface area contributed by atoms with E-state index < -0.39 is 35.6 Å². The average Bonchev–Trinajstić information content (AvgIpc) is 3.62. The molecular weight excluding hydrogens is 505 g/mol. The van der Waals surface area contributed by atoms with E-state index in [1.165, 1.54) is 23.4 Å². The Kier molecular flexibility index (Phi) is 7.19. The summed E-state index contributed by atoms with van der Waals surface area (Å²) in [6.45, 7) is 8.01. The first-order valence-corrected chi connectivity index (χ1v) is 13.2. The van der Waals surface area contributed by atoms with Gasteiger partial charge in [0.15, 0.2) is 0 Å². The van der Waals surface area contributed by atoms with Gasteiger partial charge in [0, 0.05) is 23.9 Å². The third-order valence-electron chi connectivity index (χ3n) is 6.92. The summed E-state index contributed by atoms with van der Waals surface area (Å²) >= 11 is 0. The lowest BCUT2D eigenvalue weighted by Crippen LogP contribution is -2.56. The van der Waals surface area contributed by atoms with Gasteiger partial charge >= 0.3 is 6.09 Å². The van der Waals surface area contributed by atoms with Crippen LogP contribution in [0.25, 0.3) is 22.3 Å². The molecule has 1 aliphatic carbocycles. The second-order valence-corrected chi connectivity index (χ2v) is 11.3. The number of nitrogens with zero attached hydrogens (tertiary/aromatic N) is 3. The van der Waals surface area contributed by atoms with Crippen LogP contribution in [0.3, 0.4) is 0 Å². The molecule has 2 fully saturated rings. The van der Waals surface area contributed by atoms with Crippen LogP contribution >= 0.6 is 0 Å². The lowest BCUT2D eigenvalue weighted by molar-refractivity contribution is -0.00408. The molecule has 5 rings (SSSR count). The fourth-order valence-electron chi connectivity index (χ4n) is 4.74. The first-order valence-electron chi connectivity index (χ1n) is 13.2. The van der Waals surface area contributed by atoms with Crippen molar-refractivity contribution in [3.63, 3.8) is 0 Å². The minimum Gasteiger partial charge on any atom is -0.492 e. The van der Waals surface area contributed by atoms with E-state index in [9.17, 15) is 19.1 Å². The quantitative estimate of drug-likeness (QED) is 0.432. The van der Waals surface area contributed by atoms with Crippen LogP contribution in [0.4, 0.5) is 9.18 Å². The molecule has 2 aromatic heterocycles. The van der Waals surface area contributed by atoms with Crippen LogP contribution in [0, 0.1) is 18.7 Å². The number of fused-ring (bicyclic) bond motifs is 1. The summed E-state index contributed by atoms with van der Waals surface area (Å²) in [6.07, 6.45) is 2.48. The van der Waals surface area contributed by atoms with E-state index >= 15 is 0 Å². The van der Waals surface area contributed by atoms with Crippen LogP contribution in [-0.4, -0.2) is 74.4 Å². The highest BCUT2D eigenvalue weighted by atomic mass is 19.1. The highest BCUT2D eigenvalue weighted by Gasteiger charge is 2.34. The third kappa shape index (κ3) is 5.98. The van der Waals surface area contributed by atoms with Gasteiger partial charge in [-0.05, 0) is 65.0 Å². The summed E-state index contributed by atoms with van der Waals surface area (Å²) in [4.78, 5) is 39.3. The topological polar surface area (TPSA) is 130 Å². The normalized spacial score (nSPS) is 19.7. The van der Waals surface area contributed by atoms with Gasteiger partial charge < -0.3 is 29.8 Å². The molecule has 1 aliphatic heterocycles. The van der Waals surface area contributed by atoms with E-state index in [0.29, 0.717) is 64.8 Å². The number of carbonyl (C=O) groups excluding carboxylic acids is 2. The molecule has 0 spiro atoms. The number of halogens is 1. The van der Waals surface area contributed by atoms with Gasteiger partial charge in [0.1, 0.15) is 34.7 Å². The number of H-pyrrole nitrogens is 1. The number of rotatable bonds is 6. The number of aromatic nitrogens is 3. The maximum absolute atomic E-state index is 14.1. The Labute approximate surface area is 225 Å². The van der Waals surface area contributed by atoms with Crippen LogP contribution in [0.5, 0.6) is 5.75 Å². The lowest BCUT2D eigenvalue weighted by atomic mass is 10.0. The highest BCUT2D eigenvalue weighted by molar-refractivity contribution is 6.09. The first-order chi connectivity index (χ1) is 18.5. The van der Waals surface area contributed by atoms with Crippen molar-refractivity contribution in [1.82, 2.24) is 25.2 Å². The fourth-order valence-corrected chi connectivity index (χ4v) is 4.74. The number of benzene rings is 1. The minimum absolute atomic E-state index is 0.0489. The van der Waals surface area contributed by atoms with Crippen LogP contribution < -0.4 is 10.1 Å². The Morgan fingerprint density at radius 2 is 2.00 bits per heavy atom. The lowest BCUT2D eigenvalue weighted by Gasteiger charge is -2.36. The minimum atomic E-state index is -0.962. The molecule has 2 atom stereocenters. The predicted molar refractivity (Wildman–Crippen MR) is 142 cm³/mol. The number of piperidine rings is 1. The van der Waals surface area contributed by atoms with Crippen LogP contribution in [0.15, 0.2) is 24.5 Å². The van der Waals surface area contributed by atoms with E-state index in [1.54, 1.807) is 33.8 Å². The van der Waals surface area contributed by atoms with Gasteiger partial charge in [0.05, 0.1) is 36.4 Å². The number of hydrogen-bond acceptors (Lipinski definition) is 7. The van der Waals surface area contributed by atoms with Gasteiger partial charge in [0.25, 0.3) is 5.91 Å². The van der Waals surface area contributed by atoms with Gasteiger partial charge in [-0.3, -0.25) is 4.79 Å². The van der Waals surface area contributed by atoms with Crippen LogP contribution in [0.2, 0.25) is 0 Å². The number of likely N-dealkylation sites (tertiary alicyclic amines) is 1. The number of carbonyl (C=O) groups is 2. The summed E-state index contributed by atoms with van der Waals surface area (Å²) < 4.78 is 25.4. The molecule has 10 nitrogen and oxygen atoms in total. The van der Waals surface area contributed by atoms with Crippen molar-refractivity contribution in [3.8, 4) is 17.0 Å². The Morgan fingerprint density at radius 1 is 1.23 bits per heavy atom. The molecule has 208 valence electrons. The van der Waals surface area contributed by atoms with Crippen molar-refractivity contribution < 1.29 is 28.6 Å². The zero-order valence-electron chi connectivity index (χ0n) is 22.6. The van der Waals surface area contributed by atoms with Gasteiger partial charge in [-0.15, -0.1) is 0 Å². The molecule has 0 unspecified atom stereocenters. The summed E-state index contributed by atoms with van der Waals surface area (Å²) in [5.74, 6) is 0.0669. The van der Waals surface area contributed by atoms with Gasteiger partial charge in [-0.2, -0.15) is 0 Å². The van der Waals surface area contributed by atoms with E-state index in [1.807, 2.05) is 0 Å². The van der Waals surface area contributed by atoms with Crippen molar-refractivity contribution in [2.45, 2.75) is 64.7 Å². The van der Waals surface area contributed by atoms with Crippen molar-refractivity contribution in [3.05, 3.63) is 41.6 Å². The van der Waals surface area contributed by atoms with E-state index in [0.717, 1.165) is 12.8 Å². The summed E-state index contributed by atoms with van der Waals surface area (Å²) in [6, 6.07) is 3.76. The molecule has 39 heavy (non-hydrogen) atoms. The molecule has 3 aromatic rings. The number of hydrogen-bond donors (Lipinski definition) is 3. The molecule has 0 radical (unpaired) electrons. The molecule has 2 amide bonds. The Bertz CT molecular complexity index is 1400. The molecule has 3 N–H and O–H groups in total. The summed E-state index contributed by atoms with van der Waals surface area (Å²) in [5.41, 5.74) is 2.31. The number of aryl methyl sites for hydroxylation is 1. The zero-order chi connectivity index (χ0) is 27.9. The number of aliphatic hydroxyl groups is 1. The van der Waals surface area contributed by atoms with Crippen molar-refractivity contribution in [1.29, 1.82) is 0 Å². The maximum Gasteiger partial charge on any atom is 0.410 e. The smallest absolute Gasteiger partial charge is 0.410 e. The number of amides is 2. The van der Waals surface area contributed by atoms with E-state index in [2.05, 4.69) is 20.3 Å². The monoisotopic (exact) mass is 539 g/mol. The first kappa shape index (κ1) is 26.9. The standard InChI is InChI=1S/C28H34FN5O5/c1-15-22(26(36)33-19-9-10-34(12-20(19)35)27(37)39-28(2,3)4)24-25(32-15)23(30-14-31-24)18-8-7-17(29)11-21(18)38-13-16-5-6-16/h7-8,11,14,16,19-20,32,35H,5-6,9-10,12-13H2,1-4H3,(H,33,36)/t19-,20-/m0/s1. The molecule has 2 aliphatic rings. The third-order valence-corrected chi connectivity index (χ3v) is 6.92. The largest absolute Gasteiger partial charge is 0.492 e. The van der Waals surface area contributed by atoms with Crippen molar-refractivity contribution in [2.75, 3.05) is 19.7 Å². The van der Waals surface area contributed by atoms with E-state index in [4.69, 9.17) is 9.47 Å². The molecule has 1 saturated carbocycles. The Hall–Kier alpha value is -3.73. The van der Waals surface area contributed by atoms with Gasteiger partial charge in [-0.1, -0.05) is 0 Å². The number of aromatic amines is 1. The van der Waals surface area contributed by atoms with Crippen molar-refractivity contribution in [2.24, 2.45) is 5.92 Å². The van der Waals surface area contributed by atoms with Crippen LogP contribution in [-0.2, 0) is 4.74 Å². The predicted octanol–water partition coefficient (Wildman–Crippen LogP) is 3.96. The molecular formula is C28H34FN5O5. The number of aliphatic hydroxyl groups excluding tert-OH is 1. The van der Waals surface area contributed by atoms with Crippen LogP contribution in [0.1, 0.15) is 56.1 Å². The second kappa shape index (κ2) is 10.4. The molecule has 1 saturated heterocycles. The molecule has 0 bridgehead atoms. The summed E-state index contributed by atoms with van der Waals surface area (Å²) in [5, 5.41) is 13.6. The SMILES string of the molecule is Cc1[nH]c2c(-c3ccc(F)cc3OCC3CC3)ncnc2c1C(=O)N[C@H]1CCN(C(=O)OC(C)(C)C)C[C@@H]1O. The molecule has 1 aromatic carbocycles. The highest BCUT2D eigenvalue weighted by Crippen LogP contribution is 2.36. The van der Waals surface area contributed by atoms with Crippen molar-refractivity contribution >= 4 is 23.0 Å².